The predicted molar refractivity (Wildman–Crippen MR) is 69.8 cm³/mol. The van der Waals surface area contributed by atoms with Crippen molar-refractivity contribution in [2.24, 2.45) is 5.92 Å². The Morgan fingerprint density at radius 3 is 2.44 bits per heavy atom. The first-order valence-corrected chi connectivity index (χ1v) is 8.15. The Hall–Kier alpha value is -0.620. The molecule has 0 aromatic heterocycles. The fourth-order valence-electron chi connectivity index (χ4n) is 1.82. The summed E-state index contributed by atoms with van der Waals surface area (Å²) in [6.45, 7) is 4.71. The highest BCUT2D eigenvalue weighted by atomic mass is 32.2. The third-order valence-electron chi connectivity index (χ3n) is 3.03. The van der Waals surface area contributed by atoms with E-state index in [1.807, 2.05) is 0 Å². The van der Waals surface area contributed by atoms with E-state index in [1.54, 1.807) is 4.31 Å². The quantitative estimate of drug-likeness (QED) is 0.696. The summed E-state index contributed by atoms with van der Waals surface area (Å²) >= 11 is 0. The molecule has 0 spiro atoms. The van der Waals surface area contributed by atoms with Gasteiger partial charge in [-0.3, -0.25) is 4.79 Å². The molecule has 0 atom stereocenters. The molecule has 0 saturated heterocycles. The minimum absolute atomic E-state index is 0.0477. The molecule has 5 nitrogen and oxygen atoms in total. The topological polar surface area (TPSA) is 74.7 Å². The number of carbonyl (C=O) groups is 1. The van der Waals surface area contributed by atoms with Crippen molar-refractivity contribution in [3.8, 4) is 0 Å². The van der Waals surface area contributed by atoms with Crippen molar-refractivity contribution in [3.63, 3.8) is 0 Å². The van der Waals surface area contributed by atoms with E-state index in [0.717, 1.165) is 19.3 Å². The summed E-state index contributed by atoms with van der Waals surface area (Å²) in [7, 11) is -3.28. The average molecular weight is 277 g/mol. The number of carboxylic acid groups (broad SMARTS) is 1. The predicted octanol–water partition coefficient (Wildman–Crippen LogP) is 1.69. The Kier molecular flexibility index (Phi) is 5.59. The van der Waals surface area contributed by atoms with Gasteiger partial charge in [-0.2, -0.15) is 4.31 Å². The van der Waals surface area contributed by atoms with Crippen LogP contribution in [0.1, 0.15) is 46.0 Å². The lowest BCUT2D eigenvalue weighted by Crippen LogP contribution is -2.36. The first-order valence-electron chi connectivity index (χ1n) is 6.54. The fourth-order valence-corrected chi connectivity index (χ4v) is 3.61. The third-order valence-corrected chi connectivity index (χ3v) is 5.03. The number of rotatable bonds is 9. The van der Waals surface area contributed by atoms with E-state index >= 15 is 0 Å². The molecular formula is C12H23NO4S. The molecule has 0 radical (unpaired) electrons. The molecule has 1 fully saturated rings. The molecule has 0 bridgehead atoms. The van der Waals surface area contributed by atoms with E-state index in [-0.39, 0.29) is 24.6 Å². The Labute approximate surface area is 109 Å². The monoisotopic (exact) mass is 277 g/mol. The number of aliphatic carboxylic acids is 1. The highest BCUT2D eigenvalue weighted by Crippen LogP contribution is 2.30. The van der Waals surface area contributed by atoms with Crippen molar-refractivity contribution in [2.75, 3.05) is 12.3 Å². The van der Waals surface area contributed by atoms with Crippen LogP contribution in [0.2, 0.25) is 0 Å². The van der Waals surface area contributed by atoms with E-state index < -0.39 is 16.0 Å². The fraction of sp³-hybridized carbons (Fsp3) is 0.917. The Morgan fingerprint density at radius 2 is 2.00 bits per heavy atom. The van der Waals surface area contributed by atoms with Crippen LogP contribution in [0.15, 0.2) is 0 Å². The van der Waals surface area contributed by atoms with Crippen LogP contribution in [0.25, 0.3) is 0 Å². The van der Waals surface area contributed by atoms with E-state index in [0.29, 0.717) is 12.5 Å². The maximum atomic E-state index is 12.1. The van der Waals surface area contributed by atoms with E-state index in [2.05, 4.69) is 13.8 Å². The van der Waals surface area contributed by atoms with Gasteiger partial charge in [0.15, 0.2) is 0 Å². The number of nitrogens with zero attached hydrogens (tertiary/aromatic N) is 1. The van der Waals surface area contributed by atoms with Crippen LogP contribution < -0.4 is 0 Å². The van der Waals surface area contributed by atoms with Gasteiger partial charge in [-0.05, 0) is 31.6 Å². The van der Waals surface area contributed by atoms with Gasteiger partial charge >= 0.3 is 5.97 Å². The van der Waals surface area contributed by atoms with Crippen LogP contribution >= 0.6 is 0 Å². The van der Waals surface area contributed by atoms with Crippen LogP contribution in [0.4, 0.5) is 0 Å². The molecule has 0 heterocycles. The summed E-state index contributed by atoms with van der Waals surface area (Å²) < 4.78 is 25.9. The second kappa shape index (κ2) is 6.52. The molecule has 106 valence electrons. The first kappa shape index (κ1) is 15.4. The van der Waals surface area contributed by atoms with Crippen molar-refractivity contribution in [1.82, 2.24) is 4.31 Å². The number of hydrogen-bond donors (Lipinski definition) is 1. The summed E-state index contributed by atoms with van der Waals surface area (Å²) in [5.74, 6) is -0.515. The maximum Gasteiger partial charge on any atom is 0.303 e. The molecule has 0 amide bonds. The molecular weight excluding hydrogens is 254 g/mol. The average Bonchev–Trinajstić information content (AvgIpc) is 3.00. The van der Waals surface area contributed by atoms with E-state index in [4.69, 9.17) is 5.11 Å². The smallest absolute Gasteiger partial charge is 0.303 e. The zero-order valence-electron chi connectivity index (χ0n) is 11.1. The molecule has 1 aliphatic rings. The van der Waals surface area contributed by atoms with Gasteiger partial charge in [0, 0.05) is 19.0 Å². The zero-order chi connectivity index (χ0) is 13.8. The van der Waals surface area contributed by atoms with Gasteiger partial charge in [-0.1, -0.05) is 13.8 Å². The number of sulfonamides is 1. The highest BCUT2D eigenvalue weighted by molar-refractivity contribution is 7.89. The molecule has 1 saturated carbocycles. The van der Waals surface area contributed by atoms with Gasteiger partial charge in [-0.15, -0.1) is 0 Å². The van der Waals surface area contributed by atoms with Crippen molar-refractivity contribution in [2.45, 2.75) is 52.0 Å². The summed E-state index contributed by atoms with van der Waals surface area (Å²) in [5.41, 5.74) is 0. The van der Waals surface area contributed by atoms with Gasteiger partial charge in [0.05, 0.1) is 5.75 Å². The second-order valence-corrected chi connectivity index (χ2v) is 7.38. The molecule has 6 heteroatoms. The SMILES string of the molecule is CC(C)CCN(C1CC1)S(=O)(=O)CCCC(=O)O. The van der Waals surface area contributed by atoms with Crippen LogP contribution in [0, 0.1) is 5.92 Å². The lowest BCUT2D eigenvalue weighted by molar-refractivity contribution is -0.137. The van der Waals surface area contributed by atoms with E-state index in [1.165, 1.54) is 0 Å². The molecule has 0 aromatic carbocycles. The molecule has 1 N–H and O–H groups in total. The summed E-state index contributed by atoms with van der Waals surface area (Å²) in [5, 5.41) is 8.54. The molecule has 0 aliphatic heterocycles. The third kappa shape index (κ3) is 5.35. The summed E-state index contributed by atoms with van der Waals surface area (Å²) in [4.78, 5) is 10.4. The van der Waals surface area contributed by atoms with Crippen LogP contribution in [-0.4, -0.2) is 42.1 Å². The van der Waals surface area contributed by atoms with E-state index in [9.17, 15) is 13.2 Å². The number of carboxylic acids is 1. The van der Waals surface area contributed by atoms with Gasteiger partial charge in [0.25, 0.3) is 0 Å². The van der Waals surface area contributed by atoms with Crippen molar-refractivity contribution in [1.29, 1.82) is 0 Å². The summed E-state index contributed by atoms with van der Waals surface area (Å²) in [6, 6.07) is 0.165. The highest BCUT2D eigenvalue weighted by Gasteiger charge is 2.36. The van der Waals surface area contributed by atoms with Gasteiger partial charge in [0.1, 0.15) is 0 Å². The summed E-state index contributed by atoms with van der Waals surface area (Å²) in [6.07, 6.45) is 2.85. The lowest BCUT2D eigenvalue weighted by Gasteiger charge is -2.22. The van der Waals surface area contributed by atoms with Crippen molar-refractivity contribution in [3.05, 3.63) is 0 Å². The second-order valence-electron chi connectivity index (χ2n) is 5.34. The van der Waals surface area contributed by atoms with Crippen LogP contribution in [0.5, 0.6) is 0 Å². The standard InChI is InChI=1S/C12H23NO4S/c1-10(2)7-8-13(11-5-6-11)18(16,17)9-3-4-12(14)15/h10-11H,3-9H2,1-2H3,(H,14,15). The van der Waals surface area contributed by atoms with Gasteiger partial charge in [-0.25, -0.2) is 8.42 Å². The zero-order valence-corrected chi connectivity index (χ0v) is 11.9. The number of hydrogen-bond acceptors (Lipinski definition) is 3. The normalized spacial score (nSPS) is 16.4. The van der Waals surface area contributed by atoms with Crippen molar-refractivity contribution < 1.29 is 18.3 Å². The van der Waals surface area contributed by atoms with Crippen LogP contribution in [0.3, 0.4) is 0 Å². The molecule has 0 aromatic rings. The first-order chi connectivity index (χ1) is 8.33. The Balaban J connectivity index is 2.51. The van der Waals surface area contributed by atoms with Crippen LogP contribution in [-0.2, 0) is 14.8 Å². The van der Waals surface area contributed by atoms with Gasteiger partial charge < -0.3 is 5.11 Å². The molecule has 0 unspecified atom stereocenters. The minimum Gasteiger partial charge on any atom is -0.481 e. The Morgan fingerprint density at radius 1 is 1.39 bits per heavy atom. The maximum absolute atomic E-state index is 12.1. The lowest BCUT2D eigenvalue weighted by atomic mass is 10.1. The molecule has 1 aliphatic carbocycles. The molecule has 18 heavy (non-hydrogen) atoms. The van der Waals surface area contributed by atoms with Gasteiger partial charge in [0.2, 0.25) is 10.0 Å². The Bertz CT molecular complexity index is 374. The largest absolute Gasteiger partial charge is 0.481 e. The molecule has 1 rings (SSSR count). The van der Waals surface area contributed by atoms with Crippen molar-refractivity contribution >= 4 is 16.0 Å². The minimum atomic E-state index is -3.28.